The number of anilines is 1. The summed E-state index contributed by atoms with van der Waals surface area (Å²) < 4.78 is 0. The van der Waals surface area contributed by atoms with Crippen molar-refractivity contribution >= 4 is 40.5 Å². The molecular weight excluding hydrogens is 412 g/mol. The van der Waals surface area contributed by atoms with Crippen molar-refractivity contribution in [3.63, 3.8) is 0 Å². The Labute approximate surface area is 188 Å². The normalized spacial score (nSPS) is 28.9. The summed E-state index contributed by atoms with van der Waals surface area (Å²) in [7, 11) is 0. The van der Waals surface area contributed by atoms with Crippen LogP contribution in [0.1, 0.15) is 60.0 Å². The number of amides is 1. The molecule has 4 aliphatic carbocycles. The minimum Gasteiger partial charge on any atom is -0.332 e. The predicted molar refractivity (Wildman–Crippen MR) is 126 cm³/mol. The number of hydrogen-bond acceptors (Lipinski definition) is 2. The van der Waals surface area contributed by atoms with Gasteiger partial charge in [0.05, 0.1) is 0 Å². The number of hydrogen-bond donors (Lipinski definition) is 2. The highest BCUT2D eigenvalue weighted by atomic mass is 35.5. The van der Waals surface area contributed by atoms with Crippen molar-refractivity contribution in [3.05, 3.63) is 64.2 Å². The zero-order chi connectivity index (χ0) is 20.9. The summed E-state index contributed by atoms with van der Waals surface area (Å²) in [6.45, 7) is 2.04. The molecule has 2 N–H and O–H groups in total. The second kappa shape index (κ2) is 7.65. The summed E-state index contributed by atoms with van der Waals surface area (Å²) >= 11 is 12.3. The maximum atomic E-state index is 12.3. The van der Waals surface area contributed by atoms with Gasteiger partial charge in [-0.3, -0.25) is 10.1 Å². The lowest BCUT2D eigenvalue weighted by molar-refractivity contribution is -0.00515. The maximum Gasteiger partial charge on any atom is 0.257 e. The zero-order valence-electron chi connectivity index (χ0n) is 17.2. The van der Waals surface area contributed by atoms with Crippen LogP contribution >= 0.6 is 23.8 Å². The van der Waals surface area contributed by atoms with Crippen LogP contribution in [0.15, 0.2) is 42.5 Å². The molecule has 2 aromatic carbocycles. The molecule has 0 radical (unpaired) electrons. The summed E-state index contributed by atoms with van der Waals surface area (Å²) in [6.07, 6.45) is 8.13. The van der Waals surface area contributed by atoms with E-state index in [2.05, 4.69) is 22.8 Å². The Kier molecular flexibility index (Phi) is 5.11. The van der Waals surface area contributed by atoms with Crippen molar-refractivity contribution in [2.45, 2.75) is 50.9 Å². The first kappa shape index (κ1) is 20.0. The van der Waals surface area contributed by atoms with Gasteiger partial charge >= 0.3 is 0 Å². The first-order valence-corrected chi connectivity index (χ1v) is 11.7. The topological polar surface area (TPSA) is 41.1 Å². The van der Waals surface area contributed by atoms with Gasteiger partial charge in [0.2, 0.25) is 0 Å². The monoisotopic (exact) mass is 438 g/mol. The number of nitrogens with one attached hydrogen (secondary N) is 2. The molecular formula is C25H27ClN2OS. The van der Waals surface area contributed by atoms with Gasteiger partial charge in [-0.25, -0.2) is 0 Å². The third-order valence-corrected chi connectivity index (χ3v) is 8.20. The third kappa shape index (κ3) is 3.54. The number of benzene rings is 2. The van der Waals surface area contributed by atoms with Gasteiger partial charge in [0.15, 0.2) is 5.11 Å². The van der Waals surface area contributed by atoms with Crippen molar-refractivity contribution < 1.29 is 4.79 Å². The minimum absolute atomic E-state index is 0.220. The fourth-order valence-corrected chi connectivity index (χ4v) is 7.16. The zero-order valence-corrected chi connectivity index (χ0v) is 18.8. The fraction of sp³-hybridized carbons (Fsp3) is 0.440. The molecule has 4 fully saturated rings. The molecule has 1 amide bonds. The van der Waals surface area contributed by atoms with Crippen LogP contribution in [0.25, 0.3) is 0 Å². The van der Waals surface area contributed by atoms with Crippen molar-refractivity contribution in [3.8, 4) is 0 Å². The van der Waals surface area contributed by atoms with Gasteiger partial charge in [0, 0.05) is 16.3 Å². The van der Waals surface area contributed by atoms with Gasteiger partial charge in [-0.15, -0.1) is 0 Å². The molecule has 4 bridgehead atoms. The van der Waals surface area contributed by atoms with Crippen LogP contribution in [0.2, 0.25) is 5.02 Å². The molecule has 4 aliphatic rings. The lowest BCUT2D eigenvalue weighted by Crippen LogP contribution is -2.48. The van der Waals surface area contributed by atoms with Crippen molar-refractivity contribution in [1.82, 2.24) is 5.32 Å². The number of carbonyl (C=O) groups is 1. The number of rotatable bonds is 3. The van der Waals surface area contributed by atoms with E-state index < -0.39 is 0 Å². The van der Waals surface area contributed by atoms with E-state index in [-0.39, 0.29) is 16.4 Å². The van der Waals surface area contributed by atoms with Crippen LogP contribution in [0.3, 0.4) is 0 Å². The lowest BCUT2D eigenvalue weighted by Gasteiger charge is -2.57. The third-order valence-electron chi connectivity index (χ3n) is 7.51. The average Bonchev–Trinajstić information content (AvgIpc) is 2.71. The largest absolute Gasteiger partial charge is 0.332 e. The van der Waals surface area contributed by atoms with Crippen molar-refractivity contribution in [1.29, 1.82) is 0 Å². The van der Waals surface area contributed by atoms with Gasteiger partial charge in [0.1, 0.15) is 0 Å². The van der Waals surface area contributed by atoms with E-state index in [0.29, 0.717) is 5.56 Å². The number of thiocarbonyl (C=S) groups is 1. The highest BCUT2D eigenvalue weighted by Crippen LogP contribution is 2.61. The van der Waals surface area contributed by atoms with Gasteiger partial charge in [-0.05, 0) is 110 Å². The Morgan fingerprint density at radius 1 is 1.00 bits per heavy atom. The highest BCUT2D eigenvalue weighted by molar-refractivity contribution is 7.80. The predicted octanol–water partition coefficient (Wildman–Crippen LogP) is 6.24. The fourth-order valence-electron chi connectivity index (χ4n) is 6.59. The van der Waals surface area contributed by atoms with Gasteiger partial charge in [0.25, 0.3) is 5.91 Å². The standard InChI is InChI=1S/C25H27ClN2OS/c1-15-21(27-24(30)28-23(29)19-5-3-2-4-6-19)8-7-20(22(15)26)25-12-16-9-17(13-25)11-18(10-16)14-25/h2-8,16-18H,9-14H2,1H3,(H2,27,28,29,30). The smallest absolute Gasteiger partial charge is 0.257 e. The molecule has 6 rings (SSSR count). The van der Waals surface area contributed by atoms with Gasteiger partial charge in [-0.2, -0.15) is 0 Å². The Bertz CT molecular complexity index is 968. The average molecular weight is 439 g/mol. The molecule has 0 aromatic heterocycles. The molecule has 156 valence electrons. The van der Waals surface area contributed by atoms with E-state index >= 15 is 0 Å². The van der Waals surface area contributed by atoms with E-state index in [1.165, 1.54) is 44.1 Å². The Morgan fingerprint density at radius 3 is 2.20 bits per heavy atom. The molecule has 0 atom stereocenters. The second-order valence-electron chi connectivity index (χ2n) is 9.57. The van der Waals surface area contributed by atoms with Crippen LogP contribution in [-0.2, 0) is 5.41 Å². The van der Waals surface area contributed by atoms with Crippen LogP contribution in [-0.4, -0.2) is 11.0 Å². The Hall–Kier alpha value is -1.91. The molecule has 3 nitrogen and oxygen atoms in total. The summed E-state index contributed by atoms with van der Waals surface area (Å²) in [6, 6.07) is 13.4. The van der Waals surface area contributed by atoms with Crippen molar-refractivity contribution in [2.75, 3.05) is 5.32 Å². The molecule has 0 aliphatic heterocycles. The number of carbonyl (C=O) groups excluding carboxylic acids is 1. The summed E-state index contributed by atoms with van der Waals surface area (Å²) in [5.41, 5.74) is 4.02. The molecule has 5 heteroatoms. The molecule has 0 spiro atoms. The van der Waals surface area contributed by atoms with E-state index in [4.69, 9.17) is 23.8 Å². The number of halogens is 1. The molecule has 0 unspecified atom stereocenters. The molecule has 4 saturated carbocycles. The van der Waals surface area contributed by atoms with E-state index in [1.807, 2.05) is 25.1 Å². The summed E-state index contributed by atoms with van der Waals surface area (Å²) in [5, 5.41) is 7.06. The van der Waals surface area contributed by atoms with Crippen LogP contribution in [0.4, 0.5) is 5.69 Å². The lowest BCUT2D eigenvalue weighted by atomic mass is 9.48. The summed E-state index contributed by atoms with van der Waals surface area (Å²) in [5.74, 6) is 2.42. The van der Waals surface area contributed by atoms with Gasteiger partial charge in [-0.1, -0.05) is 35.9 Å². The molecule has 0 saturated heterocycles. The Balaban J connectivity index is 1.34. The quantitative estimate of drug-likeness (QED) is 0.557. The minimum atomic E-state index is -0.220. The highest BCUT2D eigenvalue weighted by Gasteiger charge is 2.52. The molecule has 30 heavy (non-hydrogen) atoms. The van der Waals surface area contributed by atoms with Gasteiger partial charge < -0.3 is 5.32 Å². The van der Waals surface area contributed by atoms with Crippen LogP contribution < -0.4 is 10.6 Å². The van der Waals surface area contributed by atoms with Crippen molar-refractivity contribution in [2.24, 2.45) is 17.8 Å². The van der Waals surface area contributed by atoms with E-state index in [0.717, 1.165) is 34.0 Å². The van der Waals surface area contributed by atoms with Crippen LogP contribution in [0.5, 0.6) is 0 Å². The summed E-state index contributed by atoms with van der Waals surface area (Å²) in [4.78, 5) is 12.3. The first-order valence-electron chi connectivity index (χ1n) is 10.9. The second-order valence-corrected chi connectivity index (χ2v) is 10.4. The SMILES string of the molecule is Cc1c(NC(=S)NC(=O)c2ccccc2)ccc(C23CC4CC(CC(C4)C2)C3)c1Cl. The Morgan fingerprint density at radius 2 is 1.60 bits per heavy atom. The first-order chi connectivity index (χ1) is 14.4. The maximum absolute atomic E-state index is 12.3. The molecule has 2 aromatic rings. The van der Waals surface area contributed by atoms with E-state index in [1.54, 1.807) is 12.1 Å². The van der Waals surface area contributed by atoms with E-state index in [9.17, 15) is 4.79 Å². The molecule has 0 heterocycles. The van der Waals surface area contributed by atoms with Crippen LogP contribution in [0, 0.1) is 24.7 Å².